The summed E-state index contributed by atoms with van der Waals surface area (Å²) in [6, 6.07) is 12.4. The summed E-state index contributed by atoms with van der Waals surface area (Å²) >= 11 is 2.79. The van der Waals surface area contributed by atoms with E-state index in [1.807, 2.05) is 48.7 Å². The van der Waals surface area contributed by atoms with Gasteiger partial charge in [0.1, 0.15) is 11.9 Å². The molecule has 5 rings (SSSR count). The molecule has 3 aromatic rings. The third-order valence-corrected chi connectivity index (χ3v) is 7.43. The number of anilines is 1. The number of thiophene rings is 1. The molecule has 0 saturated heterocycles. The number of aryl methyl sites for hydroxylation is 1. The predicted octanol–water partition coefficient (Wildman–Crippen LogP) is 3.21. The minimum absolute atomic E-state index is 0.0684. The van der Waals surface area contributed by atoms with Gasteiger partial charge in [-0.25, -0.2) is 4.99 Å². The van der Waals surface area contributed by atoms with Crippen molar-refractivity contribution in [1.82, 2.24) is 20.4 Å². The van der Waals surface area contributed by atoms with Gasteiger partial charge in [0, 0.05) is 28.6 Å². The maximum absolute atomic E-state index is 12.9. The summed E-state index contributed by atoms with van der Waals surface area (Å²) in [6.07, 6.45) is 0.447. The van der Waals surface area contributed by atoms with Crippen LogP contribution >= 0.6 is 23.1 Å². The van der Waals surface area contributed by atoms with E-state index in [-0.39, 0.29) is 36.3 Å². The van der Waals surface area contributed by atoms with E-state index < -0.39 is 6.04 Å². The number of fused-ring (bicyclic) bond motifs is 3. The van der Waals surface area contributed by atoms with Gasteiger partial charge in [0.05, 0.1) is 18.0 Å². The van der Waals surface area contributed by atoms with Crippen molar-refractivity contribution >= 4 is 63.3 Å². The lowest BCUT2D eigenvalue weighted by atomic mass is 10.1. The first kappa shape index (κ1) is 23.9. The van der Waals surface area contributed by atoms with Crippen molar-refractivity contribution in [3.63, 3.8) is 0 Å². The second-order valence-electron chi connectivity index (χ2n) is 8.24. The first-order valence-corrected chi connectivity index (χ1v) is 13.2. The average molecular weight is 522 g/mol. The normalized spacial score (nSPS) is 16.2. The maximum atomic E-state index is 12.9. The van der Waals surface area contributed by atoms with Crippen LogP contribution in [-0.4, -0.2) is 55.6 Å². The molecule has 184 valence electrons. The molecular formula is C24H23N7O3S2. The molecule has 4 heterocycles. The van der Waals surface area contributed by atoms with Crippen LogP contribution in [0.25, 0.3) is 0 Å². The van der Waals surface area contributed by atoms with E-state index >= 15 is 0 Å². The molecule has 0 aliphatic carbocycles. The fourth-order valence-electron chi connectivity index (χ4n) is 3.92. The van der Waals surface area contributed by atoms with E-state index in [0.29, 0.717) is 29.1 Å². The number of H-pyrrole nitrogens is 1. The molecule has 3 amide bonds. The summed E-state index contributed by atoms with van der Waals surface area (Å²) in [5.41, 5.74) is 2.27. The fourth-order valence-corrected chi connectivity index (χ4v) is 5.42. The number of aromatic amines is 1. The van der Waals surface area contributed by atoms with Gasteiger partial charge in [0.25, 0.3) is 5.91 Å². The Morgan fingerprint density at radius 3 is 2.81 bits per heavy atom. The largest absolute Gasteiger partial charge is 0.351 e. The van der Waals surface area contributed by atoms with Crippen LogP contribution in [-0.2, 0) is 20.9 Å². The van der Waals surface area contributed by atoms with Gasteiger partial charge in [0.15, 0.2) is 11.0 Å². The van der Waals surface area contributed by atoms with Gasteiger partial charge in [-0.15, -0.1) is 11.3 Å². The highest BCUT2D eigenvalue weighted by Gasteiger charge is 2.41. The quantitative estimate of drug-likeness (QED) is 0.417. The van der Waals surface area contributed by atoms with Gasteiger partial charge < -0.3 is 10.6 Å². The Morgan fingerprint density at radius 2 is 2.03 bits per heavy atom. The highest BCUT2D eigenvalue weighted by atomic mass is 32.2. The molecule has 36 heavy (non-hydrogen) atoms. The van der Waals surface area contributed by atoms with Crippen molar-refractivity contribution < 1.29 is 14.4 Å². The Balaban J connectivity index is 1.28. The molecule has 2 aromatic heterocycles. The average Bonchev–Trinajstić information content (AvgIpc) is 3.60. The fraction of sp³-hybridized carbons (Fsp3) is 0.250. The van der Waals surface area contributed by atoms with Crippen molar-refractivity contribution in [2.75, 3.05) is 11.1 Å². The zero-order chi connectivity index (χ0) is 25.1. The molecule has 1 aromatic carbocycles. The zero-order valence-electron chi connectivity index (χ0n) is 19.4. The molecule has 0 radical (unpaired) electrons. The molecule has 0 fully saturated rings. The SMILES string of the molecule is Cc1cc(NC(=O)CSC2=Nc3ccccc3C3=NC(=O)C(CCC(=O)NCc4cccs4)N23)n[nH]1. The molecule has 1 atom stereocenters. The summed E-state index contributed by atoms with van der Waals surface area (Å²) in [5.74, 6) is 0.305. The van der Waals surface area contributed by atoms with Crippen molar-refractivity contribution in [2.45, 2.75) is 32.4 Å². The molecule has 10 nitrogen and oxygen atoms in total. The standard InChI is InChI=1S/C24H23N7O3S2/c1-14-11-19(30-29-14)27-21(33)13-36-24-26-17-7-3-2-6-16(17)22-28-23(34)18(31(22)24)8-9-20(32)25-12-15-5-4-10-35-15/h2-7,10-11,18H,8-9,12-13H2,1H3,(H,25,32)(H2,27,29,30,33). The van der Waals surface area contributed by atoms with Gasteiger partial charge in [0.2, 0.25) is 11.8 Å². The Hall–Kier alpha value is -3.77. The number of nitrogens with zero attached hydrogens (tertiary/aromatic N) is 4. The van der Waals surface area contributed by atoms with E-state index in [4.69, 9.17) is 4.99 Å². The van der Waals surface area contributed by atoms with Crippen LogP contribution in [0.3, 0.4) is 0 Å². The summed E-state index contributed by atoms with van der Waals surface area (Å²) in [5, 5.41) is 14.9. The number of hydrogen-bond acceptors (Lipinski definition) is 8. The van der Waals surface area contributed by atoms with Crippen molar-refractivity contribution in [2.24, 2.45) is 9.98 Å². The smallest absolute Gasteiger partial charge is 0.270 e. The van der Waals surface area contributed by atoms with E-state index in [1.54, 1.807) is 22.3 Å². The Kier molecular flexibility index (Phi) is 6.96. The molecule has 0 bridgehead atoms. The van der Waals surface area contributed by atoms with Gasteiger partial charge >= 0.3 is 0 Å². The second-order valence-corrected chi connectivity index (χ2v) is 10.2. The Bertz CT molecular complexity index is 1360. The van der Waals surface area contributed by atoms with Crippen LogP contribution in [0, 0.1) is 6.92 Å². The van der Waals surface area contributed by atoms with Crippen LogP contribution in [0.2, 0.25) is 0 Å². The summed E-state index contributed by atoms with van der Waals surface area (Å²) in [7, 11) is 0. The summed E-state index contributed by atoms with van der Waals surface area (Å²) < 4.78 is 0. The summed E-state index contributed by atoms with van der Waals surface area (Å²) in [6.45, 7) is 2.31. The van der Waals surface area contributed by atoms with E-state index in [1.165, 1.54) is 11.8 Å². The number of aromatic nitrogens is 2. The maximum Gasteiger partial charge on any atom is 0.270 e. The molecular weight excluding hydrogens is 498 g/mol. The van der Waals surface area contributed by atoms with Gasteiger partial charge in [-0.3, -0.25) is 24.4 Å². The van der Waals surface area contributed by atoms with Crippen LogP contribution in [0.15, 0.2) is 57.8 Å². The van der Waals surface area contributed by atoms with Crippen LogP contribution in [0.4, 0.5) is 11.5 Å². The van der Waals surface area contributed by atoms with Crippen molar-refractivity contribution in [3.05, 3.63) is 64.0 Å². The van der Waals surface area contributed by atoms with Crippen LogP contribution in [0.1, 0.15) is 29.0 Å². The lowest BCUT2D eigenvalue weighted by molar-refractivity contribution is -0.122. The number of benzene rings is 1. The number of amides is 3. The molecule has 3 N–H and O–H groups in total. The molecule has 0 spiro atoms. The van der Waals surface area contributed by atoms with Crippen LogP contribution < -0.4 is 10.6 Å². The number of hydrogen-bond donors (Lipinski definition) is 3. The van der Waals surface area contributed by atoms with Crippen LogP contribution in [0.5, 0.6) is 0 Å². The number of carbonyl (C=O) groups excluding carboxylic acids is 3. The minimum Gasteiger partial charge on any atom is -0.351 e. The molecule has 2 aliphatic heterocycles. The van der Waals surface area contributed by atoms with Gasteiger partial charge in [-0.05, 0) is 36.9 Å². The minimum atomic E-state index is -0.663. The molecule has 0 saturated carbocycles. The Labute approximate surface area is 215 Å². The second kappa shape index (κ2) is 10.5. The number of thioether (sulfide) groups is 1. The molecule has 1 unspecified atom stereocenters. The monoisotopic (exact) mass is 521 g/mol. The summed E-state index contributed by atoms with van der Waals surface area (Å²) in [4.78, 5) is 49.8. The first-order valence-electron chi connectivity index (χ1n) is 11.3. The molecule has 2 aliphatic rings. The van der Waals surface area contributed by atoms with Gasteiger partial charge in [-0.2, -0.15) is 10.1 Å². The van der Waals surface area contributed by atoms with Gasteiger partial charge in [-0.1, -0.05) is 30.0 Å². The third kappa shape index (κ3) is 5.24. The van der Waals surface area contributed by atoms with E-state index in [0.717, 1.165) is 16.1 Å². The predicted molar refractivity (Wildman–Crippen MR) is 141 cm³/mol. The third-order valence-electron chi connectivity index (χ3n) is 5.60. The number of amidine groups is 2. The van der Waals surface area contributed by atoms with E-state index in [2.05, 4.69) is 25.8 Å². The first-order chi connectivity index (χ1) is 17.5. The molecule has 12 heteroatoms. The Morgan fingerprint density at radius 1 is 1.17 bits per heavy atom. The number of aliphatic imine (C=N–C) groups is 2. The lowest BCUT2D eigenvalue weighted by Crippen LogP contribution is -2.44. The number of carbonyl (C=O) groups is 3. The van der Waals surface area contributed by atoms with Crippen molar-refractivity contribution in [1.29, 1.82) is 0 Å². The number of para-hydroxylation sites is 1. The number of rotatable bonds is 8. The highest BCUT2D eigenvalue weighted by Crippen LogP contribution is 2.35. The van der Waals surface area contributed by atoms with E-state index in [9.17, 15) is 14.4 Å². The topological polar surface area (TPSA) is 132 Å². The van der Waals surface area contributed by atoms with Crippen molar-refractivity contribution in [3.8, 4) is 0 Å². The zero-order valence-corrected chi connectivity index (χ0v) is 21.0. The number of nitrogens with one attached hydrogen (secondary N) is 3. The lowest BCUT2D eigenvalue weighted by Gasteiger charge is -2.31. The highest BCUT2D eigenvalue weighted by molar-refractivity contribution is 8.14.